The maximum absolute atomic E-state index is 13.4. The lowest BCUT2D eigenvalue weighted by Crippen LogP contribution is -2.50. The Hall–Kier alpha value is -2.30. The molecule has 2 aromatic rings. The van der Waals surface area contributed by atoms with E-state index in [4.69, 9.17) is 5.26 Å². The second-order valence-electron chi connectivity index (χ2n) is 6.07. The van der Waals surface area contributed by atoms with E-state index in [1.54, 1.807) is 29.2 Å². The van der Waals surface area contributed by atoms with Crippen molar-refractivity contribution in [1.29, 1.82) is 5.26 Å². The summed E-state index contributed by atoms with van der Waals surface area (Å²) < 4.78 is 15.0. The second kappa shape index (κ2) is 6.44. The molecular weight excluding hydrogens is 297 g/mol. The van der Waals surface area contributed by atoms with Crippen LogP contribution in [-0.4, -0.2) is 43.7 Å². The van der Waals surface area contributed by atoms with Crippen molar-refractivity contribution in [2.45, 2.75) is 31.5 Å². The Balaban J connectivity index is 1.68. The van der Waals surface area contributed by atoms with Gasteiger partial charge in [0.15, 0.2) is 0 Å². The minimum absolute atomic E-state index is 0.0531. The maximum atomic E-state index is 13.4. The summed E-state index contributed by atoms with van der Waals surface area (Å²) in [6.07, 6.45) is 4.90. The lowest BCUT2D eigenvalue weighted by Gasteiger charge is -2.39. The number of aromatic nitrogens is 3. The van der Waals surface area contributed by atoms with Crippen LogP contribution in [0.3, 0.4) is 0 Å². The lowest BCUT2D eigenvalue weighted by atomic mass is 9.92. The molecule has 0 amide bonds. The summed E-state index contributed by atoms with van der Waals surface area (Å²) in [5, 5.41) is 27.4. The van der Waals surface area contributed by atoms with Crippen molar-refractivity contribution in [3.05, 3.63) is 47.5 Å². The van der Waals surface area contributed by atoms with Crippen molar-refractivity contribution >= 4 is 0 Å². The van der Waals surface area contributed by atoms with Crippen molar-refractivity contribution in [3.63, 3.8) is 0 Å². The first-order valence-corrected chi connectivity index (χ1v) is 7.55. The van der Waals surface area contributed by atoms with Crippen molar-refractivity contribution < 1.29 is 9.50 Å². The number of benzene rings is 1. The largest absolute Gasteiger partial charge is 0.387 e. The first-order valence-electron chi connectivity index (χ1n) is 7.55. The third kappa shape index (κ3) is 3.73. The Labute approximate surface area is 133 Å². The number of piperidine rings is 1. The molecule has 1 aliphatic rings. The number of aliphatic hydroxyl groups is 1. The zero-order chi connectivity index (χ0) is 16.3. The van der Waals surface area contributed by atoms with Crippen molar-refractivity contribution in [2.75, 3.05) is 13.1 Å². The molecule has 6 nitrogen and oxygen atoms in total. The Morgan fingerprint density at radius 1 is 1.43 bits per heavy atom. The first-order chi connectivity index (χ1) is 11.1. The SMILES string of the molecule is N#Cc1cc(CN2CCCC(O)(Cn3ccnn3)C2)ccc1F. The minimum Gasteiger partial charge on any atom is -0.387 e. The molecule has 120 valence electrons. The number of hydrogen-bond acceptors (Lipinski definition) is 5. The Morgan fingerprint density at radius 3 is 3.04 bits per heavy atom. The Bertz CT molecular complexity index is 712. The number of halogens is 1. The van der Waals surface area contributed by atoms with Crippen LogP contribution < -0.4 is 0 Å². The Kier molecular flexibility index (Phi) is 4.37. The van der Waals surface area contributed by atoms with Crippen molar-refractivity contribution in [1.82, 2.24) is 19.9 Å². The summed E-state index contributed by atoms with van der Waals surface area (Å²) in [7, 11) is 0. The molecule has 1 atom stereocenters. The van der Waals surface area contributed by atoms with E-state index in [1.165, 1.54) is 6.07 Å². The molecule has 0 radical (unpaired) electrons. The van der Waals surface area contributed by atoms with E-state index in [0.717, 1.165) is 18.5 Å². The minimum atomic E-state index is -0.857. The van der Waals surface area contributed by atoms with Gasteiger partial charge in [0.05, 0.1) is 23.9 Å². The third-order valence-electron chi connectivity index (χ3n) is 4.12. The van der Waals surface area contributed by atoms with E-state index in [2.05, 4.69) is 15.2 Å². The zero-order valence-electron chi connectivity index (χ0n) is 12.7. The lowest BCUT2D eigenvalue weighted by molar-refractivity contribution is -0.0478. The average Bonchev–Trinajstić information content (AvgIpc) is 3.01. The second-order valence-corrected chi connectivity index (χ2v) is 6.07. The fourth-order valence-electron chi connectivity index (χ4n) is 3.10. The third-order valence-corrected chi connectivity index (χ3v) is 4.12. The molecule has 23 heavy (non-hydrogen) atoms. The molecule has 0 saturated carbocycles. The highest BCUT2D eigenvalue weighted by Crippen LogP contribution is 2.24. The predicted molar refractivity (Wildman–Crippen MR) is 80.6 cm³/mol. The number of likely N-dealkylation sites (tertiary alicyclic amines) is 1. The van der Waals surface area contributed by atoms with Crippen LogP contribution in [0.2, 0.25) is 0 Å². The highest BCUT2D eigenvalue weighted by Gasteiger charge is 2.34. The average molecular weight is 315 g/mol. The van der Waals surface area contributed by atoms with E-state index in [1.807, 2.05) is 6.07 Å². The van der Waals surface area contributed by atoms with E-state index in [9.17, 15) is 9.50 Å². The van der Waals surface area contributed by atoms with Crippen LogP contribution >= 0.6 is 0 Å². The molecule has 0 bridgehead atoms. The van der Waals surface area contributed by atoms with Gasteiger partial charge in [0.25, 0.3) is 0 Å². The van der Waals surface area contributed by atoms with Gasteiger partial charge in [0.2, 0.25) is 0 Å². The predicted octanol–water partition coefficient (Wildman–Crippen LogP) is 1.32. The van der Waals surface area contributed by atoms with E-state index in [-0.39, 0.29) is 5.56 Å². The monoisotopic (exact) mass is 315 g/mol. The van der Waals surface area contributed by atoms with Crippen molar-refractivity contribution in [2.24, 2.45) is 0 Å². The van der Waals surface area contributed by atoms with Crippen LogP contribution in [0.4, 0.5) is 4.39 Å². The topological polar surface area (TPSA) is 78.0 Å². The molecule has 7 heteroatoms. The molecule has 1 N–H and O–H groups in total. The number of hydrogen-bond donors (Lipinski definition) is 1. The van der Waals surface area contributed by atoms with Gasteiger partial charge < -0.3 is 5.11 Å². The van der Waals surface area contributed by atoms with Gasteiger partial charge in [-0.25, -0.2) is 9.07 Å². The summed E-state index contributed by atoms with van der Waals surface area (Å²) in [6.45, 7) is 2.34. The molecule has 1 aromatic heterocycles. The molecule has 0 aliphatic carbocycles. The van der Waals surface area contributed by atoms with Gasteiger partial charge in [-0.1, -0.05) is 11.3 Å². The van der Waals surface area contributed by atoms with Gasteiger partial charge in [-0.05, 0) is 37.1 Å². The summed E-state index contributed by atoms with van der Waals surface area (Å²) >= 11 is 0. The molecule has 1 fully saturated rings. The Morgan fingerprint density at radius 2 is 2.30 bits per heavy atom. The molecule has 1 aliphatic heterocycles. The smallest absolute Gasteiger partial charge is 0.140 e. The van der Waals surface area contributed by atoms with Crippen LogP contribution in [0.25, 0.3) is 0 Å². The maximum Gasteiger partial charge on any atom is 0.140 e. The number of nitrogens with zero attached hydrogens (tertiary/aromatic N) is 5. The molecule has 2 heterocycles. The fourth-order valence-corrected chi connectivity index (χ4v) is 3.10. The van der Waals surface area contributed by atoms with Gasteiger partial charge >= 0.3 is 0 Å². The van der Waals surface area contributed by atoms with Crippen LogP contribution in [0.5, 0.6) is 0 Å². The van der Waals surface area contributed by atoms with Crippen LogP contribution in [-0.2, 0) is 13.1 Å². The molecule has 1 aromatic carbocycles. The molecule has 3 rings (SSSR count). The number of β-amino-alcohol motifs (C(OH)–C–C–N with tert-alkyl or cyclic N) is 1. The standard InChI is InChI=1S/C16H18FN5O/c17-15-3-2-13(8-14(15)9-18)10-21-6-1-4-16(23,11-21)12-22-7-5-19-20-22/h2-3,5,7-8,23H,1,4,6,10-12H2. The number of nitriles is 1. The van der Waals surface area contributed by atoms with Crippen LogP contribution in [0, 0.1) is 17.1 Å². The first kappa shape index (κ1) is 15.6. The summed E-state index contributed by atoms with van der Waals surface area (Å²) in [5.74, 6) is -0.502. The zero-order valence-corrected chi connectivity index (χ0v) is 12.7. The van der Waals surface area contributed by atoms with Crippen molar-refractivity contribution in [3.8, 4) is 6.07 Å². The fraction of sp³-hybridized carbons (Fsp3) is 0.438. The van der Waals surface area contributed by atoms with Crippen LogP contribution in [0.15, 0.2) is 30.6 Å². The molecular formula is C16H18FN5O. The van der Waals surface area contributed by atoms with Gasteiger partial charge in [-0.2, -0.15) is 5.26 Å². The van der Waals surface area contributed by atoms with E-state index < -0.39 is 11.4 Å². The quantitative estimate of drug-likeness (QED) is 0.920. The summed E-state index contributed by atoms with van der Waals surface area (Å²) in [4.78, 5) is 2.12. The number of rotatable bonds is 4. The van der Waals surface area contributed by atoms with Gasteiger partial charge in [0, 0.05) is 19.3 Å². The highest BCUT2D eigenvalue weighted by atomic mass is 19.1. The molecule has 1 saturated heterocycles. The normalized spacial score (nSPS) is 22.0. The summed E-state index contributed by atoms with van der Waals surface area (Å²) in [6, 6.07) is 6.43. The van der Waals surface area contributed by atoms with E-state index >= 15 is 0 Å². The van der Waals surface area contributed by atoms with Gasteiger partial charge in [-0.3, -0.25) is 4.90 Å². The summed E-state index contributed by atoms with van der Waals surface area (Å²) in [5.41, 5.74) is 0.0645. The molecule has 1 unspecified atom stereocenters. The van der Waals surface area contributed by atoms with E-state index in [0.29, 0.717) is 26.1 Å². The van der Waals surface area contributed by atoms with Gasteiger partial charge in [0.1, 0.15) is 11.9 Å². The highest BCUT2D eigenvalue weighted by molar-refractivity contribution is 5.34. The van der Waals surface area contributed by atoms with Gasteiger partial charge in [-0.15, -0.1) is 5.10 Å². The van der Waals surface area contributed by atoms with Crippen LogP contribution in [0.1, 0.15) is 24.0 Å². The molecule has 0 spiro atoms.